The highest BCUT2D eigenvalue weighted by atomic mass is 16.2. The molecule has 3 N–H and O–H groups in total. The zero-order valence-corrected chi connectivity index (χ0v) is 12.2. The molecule has 0 saturated carbocycles. The van der Waals surface area contributed by atoms with Crippen LogP contribution in [0, 0.1) is 17.2 Å². The smallest absolute Gasteiger partial charge is 0.238 e. The first kappa shape index (κ1) is 15.5. The van der Waals surface area contributed by atoms with E-state index in [9.17, 15) is 4.79 Å². The Kier molecular flexibility index (Phi) is 5.73. The lowest BCUT2D eigenvalue weighted by molar-refractivity contribution is -0.117. The standard InChI is InChI=1S/C16H22N4O/c17-8-5-13-6-9-20(10-7-13)12-16(21)19-15-4-2-1-3-14(15)11-18/h1-4,13H,5-10,12,17H2,(H,19,21). The summed E-state index contributed by atoms with van der Waals surface area (Å²) >= 11 is 0. The summed E-state index contributed by atoms with van der Waals surface area (Å²) in [5.74, 6) is 0.642. The Bertz CT molecular complexity index is 515. The van der Waals surface area contributed by atoms with Crippen LogP contribution in [-0.4, -0.2) is 37.0 Å². The molecule has 1 aromatic carbocycles. The maximum Gasteiger partial charge on any atom is 0.238 e. The van der Waals surface area contributed by atoms with Gasteiger partial charge in [0, 0.05) is 0 Å². The number of nitrogens with one attached hydrogen (secondary N) is 1. The molecule has 0 aromatic heterocycles. The largest absolute Gasteiger partial charge is 0.330 e. The molecular formula is C16H22N4O. The number of benzene rings is 1. The van der Waals surface area contributed by atoms with Gasteiger partial charge in [0.1, 0.15) is 6.07 Å². The van der Waals surface area contributed by atoms with Crippen LogP contribution < -0.4 is 11.1 Å². The van der Waals surface area contributed by atoms with E-state index in [1.54, 1.807) is 18.2 Å². The van der Waals surface area contributed by atoms with Gasteiger partial charge in [-0.05, 0) is 56.9 Å². The first-order valence-corrected chi connectivity index (χ1v) is 7.44. The summed E-state index contributed by atoms with van der Waals surface area (Å²) < 4.78 is 0. The number of hydrogen-bond donors (Lipinski definition) is 2. The Labute approximate surface area is 125 Å². The van der Waals surface area contributed by atoms with Gasteiger partial charge in [-0.3, -0.25) is 9.69 Å². The molecule has 21 heavy (non-hydrogen) atoms. The Hall–Kier alpha value is -1.90. The van der Waals surface area contributed by atoms with Gasteiger partial charge in [-0.15, -0.1) is 0 Å². The fourth-order valence-corrected chi connectivity index (χ4v) is 2.75. The monoisotopic (exact) mass is 286 g/mol. The first-order chi connectivity index (χ1) is 10.2. The van der Waals surface area contributed by atoms with Crippen LogP contribution in [0.3, 0.4) is 0 Å². The van der Waals surface area contributed by atoms with Crippen LogP contribution in [0.4, 0.5) is 5.69 Å². The number of anilines is 1. The van der Waals surface area contributed by atoms with Gasteiger partial charge in [-0.25, -0.2) is 0 Å². The average molecular weight is 286 g/mol. The maximum absolute atomic E-state index is 12.1. The predicted molar refractivity (Wildman–Crippen MR) is 82.6 cm³/mol. The zero-order chi connectivity index (χ0) is 15.1. The number of nitriles is 1. The Balaban J connectivity index is 1.82. The second-order valence-corrected chi connectivity index (χ2v) is 5.50. The van der Waals surface area contributed by atoms with Gasteiger partial charge in [-0.2, -0.15) is 5.26 Å². The minimum atomic E-state index is -0.0602. The highest BCUT2D eigenvalue weighted by Crippen LogP contribution is 2.20. The molecule has 1 aromatic rings. The van der Waals surface area contributed by atoms with Gasteiger partial charge in [-0.1, -0.05) is 12.1 Å². The van der Waals surface area contributed by atoms with Crippen molar-refractivity contribution in [2.45, 2.75) is 19.3 Å². The number of para-hydroxylation sites is 1. The lowest BCUT2D eigenvalue weighted by atomic mass is 9.94. The molecule has 1 aliphatic rings. The Morgan fingerprint density at radius 1 is 1.38 bits per heavy atom. The van der Waals surface area contributed by atoms with Crippen LogP contribution in [0.15, 0.2) is 24.3 Å². The van der Waals surface area contributed by atoms with Crippen LogP contribution in [0.2, 0.25) is 0 Å². The van der Waals surface area contributed by atoms with E-state index in [-0.39, 0.29) is 5.91 Å². The van der Waals surface area contributed by atoms with Crippen molar-refractivity contribution in [1.82, 2.24) is 4.90 Å². The molecule has 112 valence electrons. The molecule has 5 heteroatoms. The van der Waals surface area contributed by atoms with Gasteiger partial charge in [0.15, 0.2) is 0 Å². The molecule has 1 heterocycles. The van der Waals surface area contributed by atoms with Gasteiger partial charge < -0.3 is 11.1 Å². The van der Waals surface area contributed by atoms with E-state index in [4.69, 9.17) is 11.0 Å². The number of nitrogens with zero attached hydrogens (tertiary/aromatic N) is 2. The van der Waals surface area contributed by atoms with Crippen molar-refractivity contribution < 1.29 is 4.79 Å². The molecule has 0 atom stereocenters. The molecule has 1 aliphatic heterocycles. The van der Waals surface area contributed by atoms with Crippen LogP contribution in [0.1, 0.15) is 24.8 Å². The lowest BCUT2D eigenvalue weighted by Gasteiger charge is -2.31. The van der Waals surface area contributed by atoms with Gasteiger partial charge in [0.05, 0.1) is 17.8 Å². The van der Waals surface area contributed by atoms with Crippen molar-refractivity contribution in [1.29, 1.82) is 5.26 Å². The number of likely N-dealkylation sites (tertiary alicyclic amines) is 1. The number of nitrogens with two attached hydrogens (primary N) is 1. The molecule has 1 amide bonds. The molecule has 0 spiro atoms. The van der Waals surface area contributed by atoms with E-state index in [2.05, 4.69) is 16.3 Å². The lowest BCUT2D eigenvalue weighted by Crippen LogP contribution is -2.39. The summed E-state index contributed by atoms with van der Waals surface area (Å²) in [5.41, 5.74) is 6.66. The maximum atomic E-state index is 12.1. The predicted octanol–water partition coefficient (Wildman–Crippen LogP) is 1.56. The summed E-state index contributed by atoms with van der Waals surface area (Å²) in [6.45, 7) is 3.02. The van der Waals surface area contributed by atoms with E-state index in [0.717, 1.165) is 38.9 Å². The van der Waals surface area contributed by atoms with Crippen molar-refractivity contribution in [2.75, 3.05) is 31.5 Å². The second-order valence-electron chi connectivity index (χ2n) is 5.50. The second kappa shape index (κ2) is 7.77. The number of amides is 1. The zero-order valence-electron chi connectivity index (χ0n) is 12.2. The van der Waals surface area contributed by atoms with Gasteiger partial charge in [0.2, 0.25) is 5.91 Å². The third-order valence-corrected chi connectivity index (χ3v) is 3.97. The highest BCUT2D eigenvalue weighted by Gasteiger charge is 2.20. The van der Waals surface area contributed by atoms with Crippen LogP contribution in [0.5, 0.6) is 0 Å². The van der Waals surface area contributed by atoms with Crippen molar-refractivity contribution in [3.63, 3.8) is 0 Å². The number of carbonyl (C=O) groups excluding carboxylic acids is 1. The Morgan fingerprint density at radius 2 is 2.10 bits per heavy atom. The SMILES string of the molecule is N#Cc1ccccc1NC(=O)CN1CCC(CCN)CC1. The number of hydrogen-bond acceptors (Lipinski definition) is 4. The van der Waals surface area contributed by atoms with Crippen LogP contribution >= 0.6 is 0 Å². The van der Waals surface area contributed by atoms with E-state index < -0.39 is 0 Å². The van der Waals surface area contributed by atoms with Crippen molar-refractivity contribution in [3.8, 4) is 6.07 Å². The molecule has 0 unspecified atom stereocenters. The summed E-state index contributed by atoms with van der Waals surface area (Å²) in [5, 5.41) is 11.8. The summed E-state index contributed by atoms with van der Waals surface area (Å²) in [6, 6.07) is 9.14. The van der Waals surface area contributed by atoms with Gasteiger partial charge in [0.25, 0.3) is 0 Å². The molecule has 0 radical (unpaired) electrons. The molecular weight excluding hydrogens is 264 g/mol. The topological polar surface area (TPSA) is 82.2 Å². The fraction of sp³-hybridized carbons (Fsp3) is 0.500. The summed E-state index contributed by atoms with van der Waals surface area (Å²) in [4.78, 5) is 14.2. The van der Waals surface area contributed by atoms with Crippen LogP contribution in [-0.2, 0) is 4.79 Å². The highest BCUT2D eigenvalue weighted by molar-refractivity contribution is 5.93. The van der Waals surface area contributed by atoms with Crippen molar-refractivity contribution >= 4 is 11.6 Å². The Morgan fingerprint density at radius 3 is 2.76 bits per heavy atom. The first-order valence-electron chi connectivity index (χ1n) is 7.44. The minimum Gasteiger partial charge on any atom is -0.330 e. The van der Waals surface area contributed by atoms with Crippen LogP contribution in [0.25, 0.3) is 0 Å². The third kappa shape index (κ3) is 4.55. The van der Waals surface area contributed by atoms with Crippen molar-refractivity contribution in [2.24, 2.45) is 11.7 Å². The van der Waals surface area contributed by atoms with Gasteiger partial charge >= 0.3 is 0 Å². The molecule has 0 bridgehead atoms. The van der Waals surface area contributed by atoms with E-state index in [1.807, 2.05) is 6.07 Å². The summed E-state index contributed by atoms with van der Waals surface area (Å²) in [6.07, 6.45) is 3.30. The quantitative estimate of drug-likeness (QED) is 0.860. The molecule has 1 fully saturated rings. The third-order valence-electron chi connectivity index (χ3n) is 3.97. The number of rotatable bonds is 5. The average Bonchev–Trinajstić information content (AvgIpc) is 2.50. The van der Waals surface area contributed by atoms with E-state index in [1.165, 1.54) is 0 Å². The molecule has 2 rings (SSSR count). The molecule has 0 aliphatic carbocycles. The number of carbonyl (C=O) groups is 1. The normalized spacial score (nSPS) is 16.4. The van der Waals surface area contributed by atoms with Crippen molar-refractivity contribution in [3.05, 3.63) is 29.8 Å². The van der Waals surface area contributed by atoms with E-state index in [0.29, 0.717) is 23.7 Å². The molecule has 1 saturated heterocycles. The molecule has 5 nitrogen and oxygen atoms in total. The summed E-state index contributed by atoms with van der Waals surface area (Å²) in [7, 11) is 0. The van der Waals surface area contributed by atoms with E-state index >= 15 is 0 Å². The fourth-order valence-electron chi connectivity index (χ4n) is 2.75. The number of piperidine rings is 1. The minimum absolute atomic E-state index is 0.0602.